The van der Waals surface area contributed by atoms with Gasteiger partial charge in [-0.3, -0.25) is 9.10 Å². The molecule has 122 valence electrons. The molecule has 5 nitrogen and oxygen atoms in total. The number of hydrogen-bond donors (Lipinski definition) is 0. The fourth-order valence-electron chi connectivity index (χ4n) is 1.91. The van der Waals surface area contributed by atoms with Crippen LogP contribution in [0.1, 0.15) is 0 Å². The minimum Gasteiger partial charge on any atom is -0.347 e. The van der Waals surface area contributed by atoms with E-state index < -0.39 is 15.8 Å². The van der Waals surface area contributed by atoms with E-state index >= 15 is 0 Å². The van der Waals surface area contributed by atoms with Crippen molar-refractivity contribution in [2.75, 3.05) is 24.9 Å². The maximum Gasteiger partial charge on any atom is 0.264 e. The molecule has 0 atom stereocenters. The van der Waals surface area contributed by atoms with Gasteiger partial charge in [-0.1, -0.05) is 18.2 Å². The van der Waals surface area contributed by atoms with Gasteiger partial charge in [0.15, 0.2) is 0 Å². The van der Waals surface area contributed by atoms with Crippen LogP contribution in [0.5, 0.6) is 0 Å². The molecule has 23 heavy (non-hydrogen) atoms. The maximum absolute atomic E-state index is 13.0. The van der Waals surface area contributed by atoms with Gasteiger partial charge >= 0.3 is 0 Å². The summed E-state index contributed by atoms with van der Waals surface area (Å²) in [7, 11) is -0.877. The Bertz CT molecular complexity index is 775. The first-order valence-corrected chi connectivity index (χ1v) is 8.30. The van der Waals surface area contributed by atoms with E-state index in [2.05, 4.69) is 0 Å². The number of sulfonamides is 1. The largest absolute Gasteiger partial charge is 0.347 e. The van der Waals surface area contributed by atoms with E-state index in [1.807, 2.05) is 0 Å². The molecule has 0 saturated carbocycles. The number of hydrogen-bond acceptors (Lipinski definition) is 3. The molecule has 0 bridgehead atoms. The Morgan fingerprint density at radius 2 is 1.57 bits per heavy atom. The Morgan fingerprint density at radius 3 is 2.09 bits per heavy atom. The molecule has 2 rings (SSSR count). The van der Waals surface area contributed by atoms with Gasteiger partial charge in [-0.05, 0) is 36.4 Å². The summed E-state index contributed by atoms with van der Waals surface area (Å²) in [5.41, 5.74) is 0.368. The maximum atomic E-state index is 13.0. The molecule has 0 unspecified atom stereocenters. The molecule has 2 aromatic rings. The number of likely N-dealkylation sites (N-methyl/N-ethyl adjacent to an activating group) is 1. The minimum atomic E-state index is -3.98. The summed E-state index contributed by atoms with van der Waals surface area (Å²) in [5, 5.41) is 0. The lowest BCUT2D eigenvalue weighted by Gasteiger charge is -2.25. The van der Waals surface area contributed by atoms with Crippen LogP contribution in [0.4, 0.5) is 10.1 Å². The van der Waals surface area contributed by atoms with Crippen molar-refractivity contribution in [3.63, 3.8) is 0 Å². The number of carbonyl (C=O) groups excluding carboxylic acids is 1. The monoisotopic (exact) mass is 336 g/mol. The van der Waals surface area contributed by atoms with Gasteiger partial charge in [-0.25, -0.2) is 12.8 Å². The van der Waals surface area contributed by atoms with Gasteiger partial charge in [-0.2, -0.15) is 0 Å². The molecule has 0 aliphatic carbocycles. The second kappa shape index (κ2) is 6.78. The Kier molecular flexibility index (Phi) is 5.00. The SMILES string of the molecule is CN(C)C(=O)CN(c1ccccc1)S(=O)(=O)c1ccc(F)cc1. The topological polar surface area (TPSA) is 57.7 Å². The highest BCUT2D eigenvalue weighted by Gasteiger charge is 2.27. The van der Waals surface area contributed by atoms with Crippen LogP contribution in [0.25, 0.3) is 0 Å². The molecule has 0 radical (unpaired) electrons. The molecule has 0 aliphatic rings. The van der Waals surface area contributed by atoms with E-state index in [1.54, 1.807) is 44.4 Å². The summed E-state index contributed by atoms with van der Waals surface area (Å²) in [5.74, 6) is -0.890. The average Bonchev–Trinajstić information content (AvgIpc) is 2.53. The first-order valence-electron chi connectivity index (χ1n) is 6.86. The van der Waals surface area contributed by atoms with Crippen LogP contribution >= 0.6 is 0 Å². The standard InChI is InChI=1S/C16H17FN2O3S/c1-18(2)16(20)12-19(14-6-4-3-5-7-14)23(21,22)15-10-8-13(17)9-11-15/h3-11H,12H2,1-2H3. The third-order valence-corrected chi connectivity index (χ3v) is 5.01. The molecule has 0 saturated heterocycles. The van der Waals surface area contributed by atoms with E-state index in [9.17, 15) is 17.6 Å². The lowest BCUT2D eigenvalue weighted by molar-refractivity contribution is -0.127. The summed E-state index contributed by atoms with van der Waals surface area (Å²) < 4.78 is 39.7. The van der Waals surface area contributed by atoms with Crippen LogP contribution in [0, 0.1) is 5.82 Å². The van der Waals surface area contributed by atoms with Crippen molar-refractivity contribution < 1.29 is 17.6 Å². The summed E-state index contributed by atoms with van der Waals surface area (Å²) in [4.78, 5) is 13.3. The zero-order valence-corrected chi connectivity index (χ0v) is 13.6. The number of carbonyl (C=O) groups is 1. The number of amides is 1. The fourth-order valence-corrected chi connectivity index (χ4v) is 3.32. The van der Waals surface area contributed by atoms with Crippen molar-refractivity contribution in [3.8, 4) is 0 Å². The molecule has 0 N–H and O–H groups in total. The molecule has 7 heteroatoms. The van der Waals surface area contributed by atoms with Gasteiger partial charge in [0, 0.05) is 14.1 Å². The van der Waals surface area contributed by atoms with Gasteiger partial charge in [0.2, 0.25) is 5.91 Å². The Balaban J connectivity index is 2.48. The Morgan fingerprint density at radius 1 is 1.00 bits per heavy atom. The highest BCUT2D eigenvalue weighted by Crippen LogP contribution is 2.23. The van der Waals surface area contributed by atoms with Gasteiger partial charge in [0.05, 0.1) is 10.6 Å². The lowest BCUT2D eigenvalue weighted by atomic mass is 10.3. The van der Waals surface area contributed by atoms with E-state index in [0.717, 1.165) is 16.4 Å². The Hall–Kier alpha value is -2.41. The zero-order chi connectivity index (χ0) is 17.0. The second-order valence-electron chi connectivity index (χ2n) is 5.09. The molecule has 0 aromatic heterocycles. The molecule has 2 aromatic carbocycles. The summed E-state index contributed by atoms with van der Waals surface area (Å²) in [6, 6.07) is 12.8. The third-order valence-electron chi connectivity index (χ3n) is 3.22. The normalized spacial score (nSPS) is 11.1. The van der Waals surface area contributed by atoms with Gasteiger partial charge in [-0.15, -0.1) is 0 Å². The summed E-state index contributed by atoms with van der Waals surface area (Å²) in [6.45, 7) is -0.337. The predicted molar refractivity (Wildman–Crippen MR) is 86.1 cm³/mol. The van der Waals surface area contributed by atoms with E-state index in [4.69, 9.17) is 0 Å². The quantitative estimate of drug-likeness (QED) is 0.840. The summed E-state index contributed by atoms with van der Waals surface area (Å²) in [6.07, 6.45) is 0. The number of anilines is 1. The second-order valence-corrected chi connectivity index (χ2v) is 6.95. The van der Waals surface area contributed by atoms with Crippen LogP contribution < -0.4 is 4.31 Å². The fraction of sp³-hybridized carbons (Fsp3) is 0.188. The lowest BCUT2D eigenvalue weighted by Crippen LogP contribution is -2.40. The summed E-state index contributed by atoms with van der Waals surface area (Å²) >= 11 is 0. The van der Waals surface area contributed by atoms with E-state index in [-0.39, 0.29) is 17.3 Å². The highest BCUT2D eigenvalue weighted by atomic mass is 32.2. The smallest absolute Gasteiger partial charge is 0.264 e. The first kappa shape index (κ1) is 17.0. The molecule has 1 amide bonds. The van der Waals surface area contributed by atoms with Gasteiger partial charge in [0.25, 0.3) is 10.0 Å². The van der Waals surface area contributed by atoms with Crippen LogP contribution in [-0.2, 0) is 14.8 Å². The molecule has 0 fully saturated rings. The molecule has 0 spiro atoms. The van der Waals surface area contributed by atoms with E-state index in [0.29, 0.717) is 5.69 Å². The Labute approximate surface area is 135 Å². The number of para-hydroxylation sites is 1. The van der Waals surface area contributed by atoms with Crippen molar-refractivity contribution in [2.45, 2.75) is 4.90 Å². The third kappa shape index (κ3) is 3.87. The van der Waals surface area contributed by atoms with Crippen molar-refractivity contribution >= 4 is 21.6 Å². The number of halogens is 1. The zero-order valence-electron chi connectivity index (χ0n) is 12.8. The molecule has 0 aliphatic heterocycles. The minimum absolute atomic E-state index is 0.0747. The molecule has 0 heterocycles. The van der Waals surface area contributed by atoms with E-state index in [1.165, 1.54) is 17.0 Å². The van der Waals surface area contributed by atoms with Crippen molar-refractivity contribution in [2.24, 2.45) is 0 Å². The highest BCUT2D eigenvalue weighted by molar-refractivity contribution is 7.92. The number of nitrogens with zero attached hydrogens (tertiary/aromatic N) is 2. The number of rotatable bonds is 5. The first-order chi connectivity index (χ1) is 10.8. The van der Waals surface area contributed by atoms with Gasteiger partial charge < -0.3 is 4.90 Å². The molecular weight excluding hydrogens is 319 g/mol. The van der Waals surface area contributed by atoms with Gasteiger partial charge in [0.1, 0.15) is 12.4 Å². The van der Waals surface area contributed by atoms with Crippen molar-refractivity contribution in [3.05, 3.63) is 60.4 Å². The van der Waals surface area contributed by atoms with Crippen LogP contribution in [-0.4, -0.2) is 39.9 Å². The van der Waals surface area contributed by atoms with Crippen LogP contribution in [0.15, 0.2) is 59.5 Å². The van der Waals surface area contributed by atoms with Crippen LogP contribution in [0.3, 0.4) is 0 Å². The number of benzene rings is 2. The predicted octanol–water partition coefficient (Wildman–Crippen LogP) is 2.11. The molecular formula is C16H17FN2O3S. The average molecular weight is 336 g/mol. The van der Waals surface area contributed by atoms with Crippen molar-refractivity contribution in [1.82, 2.24) is 4.90 Å². The van der Waals surface area contributed by atoms with Crippen LogP contribution in [0.2, 0.25) is 0 Å². The van der Waals surface area contributed by atoms with Crippen molar-refractivity contribution in [1.29, 1.82) is 0 Å².